The SMILES string of the molecule is CNCc1ccc(Oc2cc(C)ccc2Cl)cn1. The van der Waals surface area contributed by atoms with Gasteiger partial charge in [-0.1, -0.05) is 17.7 Å². The Bertz CT molecular complexity index is 526. The summed E-state index contributed by atoms with van der Waals surface area (Å²) in [6.45, 7) is 2.74. The molecule has 1 heterocycles. The van der Waals surface area contributed by atoms with Gasteiger partial charge in [-0.2, -0.15) is 0 Å². The first kappa shape index (κ1) is 12.9. The Morgan fingerprint density at radius 3 is 2.78 bits per heavy atom. The second-order valence-corrected chi connectivity index (χ2v) is 4.46. The van der Waals surface area contributed by atoms with Crippen molar-refractivity contribution in [1.29, 1.82) is 0 Å². The van der Waals surface area contributed by atoms with Crippen LogP contribution < -0.4 is 10.1 Å². The molecule has 0 aliphatic rings. The zero-order chi connectivity index (χ0) is 13.0. The average molecular weight is 263 g/mol. The standard InChI is InChI=1S/C14H15ClN2O/c1-10-3-6-13(15)14(7-10)18-12-5-4-11(8-16-2)17-9-12/h3-7,9,16H,8H2,1-2H3. The molecule has 2 rings (SSSR count). The van der Waals surface area contributed by atoms with Crippen LogP contribution in [0.3, 0.4) is 0 Å². The zero-order valence-corrected chi connectivity index (χ0v) is 11.2. The van der Waals surface area contributed by atoms with Gasteiger partial charge in [0, 0.05) is 6.54 Å². The lowest BCUT2D eigenvalue weighted by molar-refractivity contribution is 0.479. The molecule has 3 nitrogen and oxygen atoms in total. The van der Waals surface area contributed by atoms with Gasteiger partial charge in [0.15, 0.2) is 0 Å². The van der Waals surface area contributed by atoms with Gasteiger partial charge in [0.05, 0.1) is 16.9 Å². The minimum Gasteiger partial charge on any atom is -0.454 e. The van der Waals surface area contributed by atoms with E-state index in [0.717, 1.165) is 17.8 Å². The fourth-order valence-electron chi connectivity index (χ4n) is 1.57. The molecule has 1 aromatic heterocycles. The van der Waals surface area contributed by atoms with Crippen LogP contribution in [-0.4, -0.2) is 12.0 Å². The Morgan fingerprint density at radius 1 is 1.28 bits per heavy atom. The Labute approximate surface area is 112 Å². The van der Waals surface area contributed by atoms with Gasteiger partial charge in [0.25, 0.3) is 0 Å². The summed E-state index contributed by atoms with van der Waals surface area (Å²) in [4.78, 5) is 4.29. The molecule has 0 fully saturated rings. The van der Waals surface area contributed by atoms with Crippen LogP contribution in [-0.2, 0) is 6.54 Å². The van der Waals surface area contributed by atoms with Crippen LogP contribution in [0, 0.1) is 6.92 Å². The number of halogens is 1. The number of ether oxygens (including phenoxy) is 1. The molecule has 0 atom stereocenters. The van der Waals surface area contributed by atoms with Gasteiger partial charge in [0.1, 0.15) is 11.5 Å². The first-order valence-corrected chi connectivity index (χ1v) is 6.10. The van der Waals surface area contributed by atoms with Crippen molar-refractivity contribution in [3.63, 3.8) is 0 Å². The van der Waals surface area contributed by atoms with Crippen LogP contribution in [0.4, 0.5) is 0 Å². The second-order valence-electron chi connectivity index (χ2n) is 4.05. The summed E-state index contributed by atoms with van der Waals surface area (Å²) >= 11 is 6.07. The monoisotopic (exact) mass is 262 g/mol. The lowest BCUT2D eigenvalue weighted by atomic mass is 10.2. The molecule has 18 heavy (non-hydrogen) atoms. The number of hydrogen-bond donors (Lipinski definition) is 1. The van der Waals surface area contributed by atoms with E-state index in [2.05, 4.69) is 10.3 Å². The van der Waals surface area contributed by atoms with E-state index in [9.17, 15) is 0 Å². The molecule has 94 valence electrons. The molecule has 0 bridgehead atoms. The van der Waals surface area contributed by atoms with Gasteiger partial charge in [-0.15, -0.1) is 0 Å². The van der Waals surface area contributed by atoms with E-state index in [1.54, 1.807) is 6.20 Å². The number of aromatic nitrogens is 1. The highest BCUT2D eigenvalue weighted by Gasteiger charge is 2.04. The largest absolute Gasteiger partial charge is 0.454 e. The lowest BCUT2D eigenvalue weighted by Gasteiger charge is -2.08. The average Bonchev–Trinajstić information content (AvgIpc) is 2.37. The number of nitrogens with zero attached hydrogens (tertiary/aromatic N) is 1. The first-order valence-electron chi connectivity index (χ1n) is 5.72. The molecule has 0 unspecified atom stereocenters. The van der Waals surface area contributed by atoms with Gasteiger partial charge in [0.2, 0.25) is 0 Å². The molecule has 0 aliphatic carbocycles. The van der Waals surface area contributed by atoms with Crippen molar-refractivity contribution in [2.75, 3.05) is 7.05 Å². The second kappa shape index (κ2) is 5.85. The summed E-state index contributed by atoms with van der Waals surface area (Å²) in [5.41, 5.74) is 2.08. The van der Waals surface area contributed by atoms with Gasteiger partial charge in [-0.3, -0.25) is 4.98 Å². The van der Waals surface area contributed by atoms with Crippen molar-refractivity contribution in [2.45, 2.75) is 13.5 Å². The van der Waals surface area contributed by atoms with Crippen LogP contribution in [0.2, 0.25) is 5.02 Å². The van der Waals surface area contributed by atoms with Gasteiger partial charge < -0.3 is 10.1 Å². The smallest absolute Gasteiger partial charge is 0.146 e. The maximum atomic E-state index is 6.07. The predicted octanol–water partition coefficient (Wildman–Crippen LogP) is 3.56. The Morgan fingerprint density at radius 2 is 2.11 bits per heavy atom. The molecule has 0 saturated carbocycles. The predicted molar refractivity (Wildman–Crippen MR) is 73.3 cm³/mol. The third kappa shape index (κ3) is 3.22. The molecule has 0 radical (unpaired) electrons. The number of rotatable bonds is 4. The van der Waals surface area contributed by atoms with Crippen molar-refractivity contribution in [1.82, 2.24) is 10.3 Å². The van der Waals surface area contributed by atoms with Gasteiger partial charge in [-0.25, -0.2) is 0 Å². The molecule has 0 saturated heterocycles. The van der Waals surface area contributed by atoms with Crippen LogP contribution in [0.15, 0.2) is 36.5 Å². The van der Waals surface area contributed by atoms with Crippen LogP contribution >= 0.6 is 11.6 Å². The van der Waals surface area contributed by atoms with Crippen LogP contribution in [0.25, 0.3) is 0 Å². The third-order valence-electron chi connectivity index (χ3n) is 2.47. The number of hydrogen-bond acceptors (Lipinski definition) is 3. The zero-order valence-electron chi connectivity index (χ0n) is 10.4. The lowest BCUT2D eigenvalue weighted by Crippen LogP contribution is -2.06. The molecule has 0 spiro atoms. The maximum Gasteiger partial charge on any atom is 0.146 e. The summed E-state index contributed by atoms with van der Waals surface area (Å²) in [7, 11) is 1.89. The fourth-order valence-corrected chi connectivity index (χ4v) is 1.73. The molecule has 1 aromatic carbocycles. The highest BCUT2D eigenvalue weighted by Crippen LogP contribution is 2.29. The summed E-state index contributed by atoms with van der Waals surface area (Å²) in [6.07, 6.45) is 1.70. The fraction of sp³-hybridized carbons (Fsp3) is 0.214. The minimum atomic E-state index is 0.597. The van der Waals surface area contributed by atoms with E-state index < -0.39 is 0 Å². The molecule has 1 N–H and O–H groups in total. The van der Waals surface area contributed by atoms with Crippen molar-refractivity contribution in [2.24, 2.45) is 0 Å². The van der Waals surface area contributed by atoms with E-state index in [4.69, 9.17) is 16.3 Å². The molecule has 2 aromatic rings. The van der Waals surface area contributed by atoms with E-state index in [0.29, 0.717) is 16.5 Å². The van der Waals surface area contributed by atoms with Crippen LogP contribution in [0.1, 0.15) is 11.3 Å². The Hall–Kier alpha value is -1.58. The van der Waals surface area contributed by atoms with Crippen molar-refractivity contribution >= 4 is 11.6 Å². The highest BCUT2D eigenvalue weighted by atomic mass is 35.5. The Balaban J connectivity index is 2.15. The molecule has 0 aliphatic heterocycles. The molecular formula is C14H15ClN2O. The van der Waals surface area contributed by atoms with Gasteiger partial charge >= 0.3 is 0 Å². The highest BCUT2D eigenvalue weighted by molar-refractivity contribution is 6.32. The third-order valence-corrected chi connectivity index (χ3v) is 2.78. The minimum absolute atomic E-state index is 0.597. The molecule has 4 heteroatoms. The number of aryl methyl sites for hydroxylation is 1. The van der Waals surface area contributed by atoms with E-state index in [1.807, 2.05) is 44.3 Å². The summed E-state index contributed by atoms with van der Waals surface area (Å²) in [5.74, 6) is 1.34. The van der Waals surface area contributed by atoms with Crippen molar-refractivity contribution in [3.8, 4) is 11.5 Å². The number of nitrogens with one attached hydrogen (secondary N) is 1. The topological polar surface area (TPSA) is 34.1 Å². The summed E-state index contributed by atoms with van der Waals surface area (Å²) in [6, 6.07) is 9.50. The summed E-state index contributed by atoms with van der Waals surface area (Å²) in [5, 5.41) is 3.64. The van der Waals surface area contributed by atoms with Crippen molar-refractivity contribution in [3.05, 3.63) is 52.8 Å². The Kier molecular flexibility index (Phi) is 4.18. The molecule has 0 amide bonds. The summed E-state index contributed by atoms with van der Waals surface area (Å²) < 4.78 is 5.71. The maximum absolute atomic E-state index is 6.07. The van der Waals surface area contributed by atoms with E-state index in [-0.39, 0.29) is 0 Å². The van der Waals surface area contributed by atoms with E-state index in [1.165, 1.54) is 0 Å². The number of benzene rings is 1. The van der Waals surface area contributed by atoms with Crippen LogP contribution in [0.5, 0.6) is 11.5 Å². The van der Waals surface area contributed by atoms with Crippen molar-refractivity contribution < 1.29 is 4.74 Å². The number of pyridine rings is 1. The van der Waals surface area contributed by atoms with E-state index >= 15 is 0 Å². The molecular weight excluding hydrogens is 248 g/mol. The normalized spacial score (nSPS) is 10.4. The van der Waals surface area contributed by atoms with Gasteiger partial charge in [-0.05, 0) is 43.8 Å². The quantitative estimate of drug-likeness (QED) is 0.915. The first-order chi connectivity index (χ1) is 8.69.